The summed E-state index contributed by atoms with van der Waals surface area (Å²) in [6.07, 6.45) is -0.461. The average Bonchev–Trinajstić information content (AvgIpc) is 2.35. The van der Waals surface area contributed by atoms with E-state index in [1.54, 1.807) is 7.11 Å². The van der Waals surface area contributed by atoms with Gasteiger partial charge in [-0.05, 0) is 26.5 Å². The summed E-state index contributed by atoms with van der Waals surface area (Å²) in [5.74, 6) is 0. The van der Waals surface area contributed by atoms with Crippen molar-refractivity contribution in [3.8, 4) is 0 Å². The van der Waals surface area contributed by atoms with Crippen LogP contribution in [0.2, 0.25) is 0 Å². The SMILES string of the molecule is COCCN(C)C(C)C(O)c1ccc(C)cc1. The van der Waals surface area contributed by atoms with Crippen molar-refractivity contribution < 1.29 is 9.84 Å². The molecule has 1 rings (SSSR count). The van der Waals surface area contributed by atoms with Gasteiger partial charge in [-0.1, -0.05) is 29.8 Å². The van der Waals surface area contributed by atoms with Gasteiger partial charge in [-0.2, -0.15) is 0 Å². The van der Waals surface area contributed by atoms with E-state index in [-0.39, 0.29) is 6.04 Å². The second kappa shape index (κ2) is 6.74. The van der Waals surface area contributed by atoms with Gasteiger partial charge in [0.25, 0.3) is 0 Å². The normalized spacial score (nSPS) is 14.9. The van der Waals surface area contributed by atoms with Gasteiger partial charge in [-0.25, -0.2) is 0 Å². The van der Waals surface area contributed by atoms with E-state index in [0.29, 0.717) is 6.61 Å². The maximum absolute atomic E-state index is 10.3. The van der Waals surface area contributed by atoms with E-state index in [0.717, 1.165) is 12.1 Å². The van der Waals surface area contributed by atoms with E-state index in [1.165, 1.54) is 5.56 Å². The van der Waals surface area contributed by atoms with Crippen LogP contribution in [0.4, 0.5) is 0 Å². The molecule has 0 aliphatic carbocycles. The van der Waals surface area contributed by atoms with Crippen LogP contribution in [0.5, 0.6) is 0 Å². The van der Waals surface area contributed by atoms with Gasteiger partial charge >= 0.3 is 0 Å². The summed E-state index contributed by atoms with van der Waals surface area (Å²) in [5, 5.41) is 10.3. The molecule has 0 heterocycles. The van der Waals surface area contributed by atoms with Crippen LogP contribution in [-0.4, -0.2) is 43.4 Å². The maximum Gasteiger partial charge on any atom is 0.0942 e. The number of hydrogen-bond acceptors (Lipinski definition) is 3. The summed E-state index contributed by atoms with van der Waals surface area (Å²) < 4.78 is 5.04. The smallest absolute Gasteiger partial charge is 0.0942 e. The molecule has 0 aliphatic rings. The fraction of sp³-hybridized carbons (Fsp3) is 0.571. The second-order valence-electron chi connectivity index (χ2n) is 4.57. The minimum Gasteiger partial charge on any atom is -0.387 e. The zero-order valence-corrected chi connectivity index (χ0v) is 11.2. The highest BCUT2D eigenvalue weighted by Crippen LogP contribution is 2.20. The van der Waals surface area contributed by atoms with Crippen molar-refractivity contribution in [2.24, 2.45) is 0 Å². The van der Waals surface area contributed by atoms with E-state index < -0.39 is 6.10 Å². The number of aliphatic hydroxyl groups is 1. The molecule has 96 valence electrons. The quantitative estimate of drug-likeness (QED) is 0.821. The third-order valence-corrected chi connectivity index (χ3v) is 3.22. The lowest BCUT2D eigenvalue weighted by Crippen LogP contribution is -2.36. The molecule has 0 aromatic heterocycles. The third kappa shape index (κ3) is 4.11. The van der Waals surface area contributed by atoms with E-state index in [1.807, 2.05) is 45.2 Å². The molecule has 1 N–H and O–H groups in total. The Bertz CT molecular complexity index is 323. The summed E-state index contributed by atoms with van der Waals surface area (Å²) in [4.78, 5) is 2.11. The maximum atomic E-state index is 10.3. The van der Waals surface area contributed by atoms with Crippen LogP contribution in [0.1, 0.15) is 24.2 Å². The molecule has 17 heavy (non-hydrogen) atoms. The van der Waals surface area contributed by atoms with E-state index >= 15 is 0 Å². The molecular weight excluding hydrogens is 214 g/mol. The molecule has 3 heteroatoms. The van der Waals surface area contributed by atoms with Crippen LogP contribution >= 0.6 is 0 Å². The fourth-order valence-electron chi connectivity index (χ4n) is 1.72. The Hall–Kier alpha value is -0.900. The second-order valence-corrected chi connectivity index (χ2v) is 4.57. The van der Waals surface area contributed by atoms with Crippen LogP contribution in [-0.2, 0) is 4.74 Å². The number of aryl methyl sites for hydroxylation is 1. The molecule has 1 aromatic carbocycles. The van der Waals surface area contributed by atoms with Crippen molar-refractivity contribution in [1.29, 1.82) is 0 Å². The van der Waals surface area contributed by atoms with Gasteiger partial charge in [-0.3, -0.25) is 4.90 Å². The Labute approximate surface area is 104 Å². The Morgan fingerprint density at radius 1 is 1.29 bits per heavy atom. The Kier molecular flexibility index (Phi) is 5.62. The molecule has 0 spiro atoms. The summed E-state index contributed by atoms with van der Waals surface area (Å²) in [5.41, 5.74) is 2.17. The number of methoxy groups -OCH3 is 1. The van der Waals surface area contributed by atoms with Crippen LogP contribution < -0.4 is 0 Å². The summed E-state index contributed by atoms with van der Waals surface area (Å²) in [6, 6.07) is 8.11. The molecule has 1 aromatic rings. The molecule has 0 saturated heterocycles. The van der Waals surface area contributed by atoms with Crippen LogP contribution in [0, 0.1) is 6.92 Å². The van der Waals surface area contributed by atoms with Crippen molar-refractivity contribution >= 4 is 0 Å². The average molecular weight is 237 g/mol. The van der Waals surface area contributed by atoms with Crippen molar-refractivity contribution in [1.82, 2.24) is 4.90 Å². The summed E-state index contributed by atoms with van der Waals surface area (Å²) in [6.45, 7) is 5.58. The molecule has 0 saturated carbocycles. The number of aliphatic hydroxyl groups excluding tert-OH is 1. The van der Waals surface area contributed by atoms with Gasteiger partial charge in [0.15, 0.2) is 0 Å². The largest absolute Gasteiger partial charge is 0.387 e. The predicted molar refractivity (Wildman–Crippen MR) is 70.1 cm³/mol. The van der Waals surface area contributed by atoms with Crippen LogP contribution in [0.25, 0.3) is 0 Å². The Morgan fingerprint density at radius 2 is 1.88 bits per heavy atom. The summed E-state index contributed by atoms with van der Waals surface area (Å²) in [7, 11) is 3.69. The lowest BCUT2D eigenvalue weighted by Gasteiger charge is -2.28. The first-order valence-corrected chi connectivity index (χ1v) is 6.00. The van der Waals surface area contributed by atoms with E-state index in [4.69, 9.17) is 4.74 Å². The van der Waals surface area contributed by atoms with Gasteiger partial charge in [0.2, 0.25) is 0 Å². The van der Waals surface area contributed by atoms with Crippen molar-refractivity contribution in [2.45, 2.75) is 26.0 Å². The monoisotopic (exact) mass is 237 g/mol. The van der Waals surface area contributed by atoms with Gasteiger partial charge in [0.1, 0.15) is 0 Å². The van der Waals surface area contributed by atoms with Gasteiger partial charge < -0.3 is 9.84 Å². The first-order valence-electron chi connectivity index (χ1n) is 6.00. The number of likely N-dealkylation sites (N-methyl/N-ethyl adjacent to an activating group) is 1. The lowest BCUT2D eigenvalue weighted by molar-refractivity contribution is 0.0566. The zero-order chi connectivity index (χ0) is 12.8. The Morgan fingerprint density at radius 3 is 2.41 bits per heavy atom. The molecule has 2 atom stereocenters. The number of rotatable bonds is 6. The first kappa shape index (κ1) is 14.2. The molecule has 0 bridgehead atoms. The van der Waals surface area contributed by atoms with Crippen molar-refractivity contribution in [2.75, 3.05) is 27.3 Å². The number of ether oxygens (including phenoxy) is 1. The van der Waals surface area contributed by atoms with E-state index in [9.17, 15) is 5.11 Å². The number of benzene rings is 1. The predicted octanol–water partition coefficient (Wildman–Crippen LogP) is 2.00. The summed E-state index contributed by atoms with van der Waals surface area (Å²) >= 11 is 0. The first-order chi connectivity index (χ1) is 8.06. The molecule has 2 unspecified atom stereocenters. The topological polar surface area (TPSA) is 32.7 Å². The van der Waals surface area contributed by atoms with E-state index in [2.05, 4.69) is 4.90 Å². The van der Waals surface area contributed by atoms with Crippen LogP contribution in [0.3, 0.4) is 0 Å². The molecule has 0 aliphatic heterocycles. The van der Waals surface area contributed by atoms with Crippen molar-refractivity contribution in [3.63, 3.8) is 0 Å². The molecule has 0 fully saturated rings. The number of hydrogen-bond donors (Lipinski definition) is 1. The highest BCUT2D eigenvalue weighted by atomic mass is 16.5. The molecular formula is C14H23NO2. The zero-order valence-electron chi connectivity index (χ0n) is 11.2. The molecule has 0 amide bonds. The highest BCUT2D eigenvalue weighted by Gasteiger charge is 2.19. The molecule has 0 radical (unpaired) electrons. The van der Waals surface area contributed by atoms with Gasteiger partial charge in [0.05, 0.1) is 12.7 Å². The fourth-order valence-corrected chi connectivity index (χ4v) is 1.72. The van der Waals surface area contributed by atoms with Crippen LogP contribution in [0.15, 0.2) is 24.3 Å². The van der Waals surface area contributed by atoms with Gasteiger partial charge in [0, 0.05) is 19.7 Å². The highest BCUT2D eigenvalue weighted by molar-refractivity contribution is 5.23. The minimum absolute atomic E-state index is 0.0767. The Balaban J connectivity index is 2.62. The van der Waals surface area contributed by atoms with Crippen molar-refractivity contribution in [3.05, 3.63) is 35.4 Å². The molecule has 3 nitrogen and oxygen atoms in total. The third-order valence-electron chi connectivity index (χ3n) is 3.22. The minimum atomic E-state index is -0.461. The van der Waals surface area contributed by atoms with Gasteiger partial charge in [-0.15, -0.1) is 0 Å². The standard InChI is InChI=1S/C14H23NO2/c1-11-5-7-13(8-6-11)14(16)12(2)15(3)9-10-17-4/h5-8,12,14,16H,9-10H2,1-4H3. The number of nitrogens with zero attached hydrogens (tertiary/aromatic N) is 1. The lowest BCUT2D eigenvalue weighted by atomic mass is 10.0.